The van der Waals surface area contributed by atoms with Gasteiger partial charge in [0, 0.05) is 38.1 Å². The van der Waals surface area contributed by atoms with Crippen LogP contribution in [0.5, 0.6) is 0 Å². The number of nitrogens with zero attached hydrogens (tertiary/aromatic N) is 2. The van der Waals surface area contributed by atoms with Crippen molar-refractivity contribution < 1.29 is 9.84 Å². The molecule has 1 aromatic heterocycles. The molecule has 15 heavy (non-hydrogen) atoms. The summed E-state index contributed by atoms with van der Waals surface area (Å²) in [4.78, 5) is 6.12. The number of aliphatic hydroxyl groups excluding tert-OH is 1. The maximum absolute atomic E-state index is 8.93. The Bertz CT molecular complexity index is 294. The maximum Gasteiger partial charge on any atom is 0.130 e. The Morgan fingerprint density at radius 3 is 2.93 bits per heavy atom. The summed E-state index contributed by atoms with van der Waals surface area (Å²) >= 11 is 0. The van der Waals surface area contributed by atoms with Crippen molar-refractivity contribution in [3.63, 3.8) is 0 Å². The monoisotopic (exact) mass is 211 g/mol. The molecule has 0 aliphatic rings. The van der Waals surface area contributed by atoms with Gasteiger partial charge >= 0.3 is 0 Å². The Balaban J connectivity index is 2.69. The lowest BCUT2D eigenvalue weighted by atomic mass is 10.3. The fraction of sp³-hybridized carbons (Fsp3) is 0.500. The maximum atomic E-state index is 8.93. The van der Waals surface area contributed by atoms with E-state index in [1.165, 1.54) is 0 Å². The zero-order valence-electron chi connectivity index (χ0n) is 8.89. The number of hydrogen-bond donors (Lipinski definition) is 2. The number of pyridine rings is 1. The molecule has 5 heteroatoms. The van der Waals surface area contributed by atoms with E-state index in [9.17, 15) is 0 Å². The van der Waals surface area contributed by atoms with Crippen LogP contribution in [0.1, 0.15) is 0 Å². The molecule has 0 aromatic carbocycles. The Morgan fingerprint density at radius 1 is 1.53 bits per heavy atom. The van der Waals surface area contributed by atoms with Crippen LogP contribution in [-0.4, -0.2) is 43.5 Å². The first-order chi connectivity index (χ1) is 7.27. The van der Waals surface area contributed by atoms with Gasteiger partial charge in [0.25, 0.3) is 0 Å². The van der Waals surface area contributed by atoms with Gasteiger partial charge < -0.3 is 20.5 Å². The van der Waals surface area contributed by atoms with E-state index in [0.717, 1.165) is 5.82 Å². The molecular weight excluding hydrogens is 194 g/mol. The average Bonchev–Trinajstić information content (AvgIpc) is 2.24. The van der Waals surface area contributed by atoms with Gasteiger partial charge in [-0.15, -0.1) is 0 Å². The second kappa shape index (κ2) is 6.21. The van der Waals surface area contributed by atoms with Gasteiger partial charge in [0.15, 0.2) is 0 Å². The topological polar surface area (TPSA) is 71.6 Å². The van der Waals surface area contributed by atoms with Crippen molar-refractivity contribution in [2.75, 3.05) is 44.0 Å². The zero-order valence-corrected chi connectivity index (χ0v) is 8.89. The molecule has 1 rings (SSSR count). The molecule has 0 amide bonds. The average molecular weight is 211 g/mol. The minimum atomic E-state index is 0.0835. The number of rotatable bonds is 6. The van der Waals surface area contributed by atoms with Gasteiger partial charge in [-0.1, -0.05) is 0 Å². The van der Waals surface area contributed by atoms with Gasteiger partial charge in [0.2, 0.25) is 0 Å². The highest BCUT2D eigenvalue weighted by Gasteiger charge is 2.06. The molecule has 0 unspecified atom stereocenters. The van der Waals surface area contributed by atoms with Crippen LogP contribution in [-0.2, 0) is 4.74 Å². The first-order valence-electron chi connectivity index (χ1n) is 4.84. The summed E-state index contributed by atoms with van der Waals surface area (Å²) in [6, 6.07) is 3.52. The second-order valence-corrected chi connectivity index (χ2v) is 3.15. The Morgan fingerprint density at radius 2 is 2.33 bits per heavy atom. The summed E-state index contributed by atoms with van der Waals surface area (Å²) in [5.74, 6) is 0.765. The number of aromatic nitrogens is 1. The summed E-state index contributed by atoms with van der Waals surface area (Å²) in [6.07, 6.45) is 1.65. The van der Waals surface area contributed by atoms with Crippen molar-refractivity contribution in [1.29, 1.82) is 0 Å². The van der Waals surface area contributed by atoms with E-state index in [1.807, 2.05) is 4.90 Å². The van der Waals surface area contributed by atoms with E-state index in [-0.39, 0.29) is 6.61 Å². The predicted octanol–water partition coefficient (Wildman–Crippen LogP) is 0.109. The third-order valence-electron chi connectivity index (χ3n) is 2.03. The SMILES string of the molecule is COCCN(CCO)c1cc(N)ccn1. The summed E-state index contributed by atoms with van der Waals surface area (Å²) < 4.78 is 4.99. The van der Waals surface area contributed by atoms with Gasteiger partial charge in [0.1, 0.15) is 5.82 Å². The predicted molar refractivity (Wildman–Crippen MR) is 59.8 cm³/mol. The molecule has 1 aromatic rings. The van der Waals surface area contributed by atoms with Crippen LogP contribution < -0.4 is 10.6 Å². The standard InChI is InChI=1S/C10H17N3O2/c1-15-7-5-13(4-6-14)10-8-9(11)2-3-12-10/h2-3,8,14H,4-7H2,1H3,(H2,11,12). The molecule has 0 spiro atoms. The molecule has 5 nitrogen and oxygen atoms in total. The first-order valence-corrected chi connectivity index (χ1v) is 4.84. The Kier molecular flexibility index (Phi) is 4.86. The number of anilines is 2. The van der Waals surface area contributed by atoms with Crippen LogP contribution >= 0.6 is 0 Å². The van der Waals surface area contributed by atoms with E-state index in [2.05, 4.69) is 4.98 Å². The minimum Gasteiger partial charge on any atom is -0.399 e. The fourth-order valence-electron chi connectivity index (χ4n) is 1.27. The minimum absolute atomic E-state index is 0.0835. The lowest BCUT2D eigenvalue weighted by molar-refractivity contribution is 0.202. The second-order valence-electron chi connectivity index (χ2n) is 3.15. The van der Waals surface area contributed by atoms with Crippen molar-refractivity contribution in [2.45, 2.75) is 0 Å². The van der Waals surface area contributed by atoms with Gasteiger partial charge in [-0.2, -0.15) is 0 Å². The van der Waals surface area contributed by atoms with E-state index in [0.29, 0.717) is 25.4 Å². The third kappa shape index (κ3) is 3.73. The number of nitrogen functional groups attached to an aromatic ring is 1. The number of aliphatic hydroxyl groups is 1. The molecule has 3 N–H and O–H groups in total. The Labute approximate surface area is 89.5 Å². The number of ether oxygens (including phenoxy) is 1. The van der Waals surface area contributed by atoms with Crippen LogP contribution in [0, 0.1) is 0 Å². The molecule has 0 saturated heterocycles. The quantitative estimate of drug-likeness (QED) is 0.698. The highest BCUT2D eigenvalue weighted by molar-refractivity contribution is 5.50. The summed E-state index contributed by atoms with van der Waals surface area (Å²) in [5, 5.41) is 8.93. The van der Waals surface area contributed by atoms with E-state index in [1.54, 1.807) is 25.4 Å². The van der Waals surface area contributed by atoms with E-state index in [4.69, 9.17) is 15.6 Å². The fourth-order valence-corrected chi connectivity index (χ4v) is 1.27. The highest BCUT2D eigenvalue weighted by atomic mass is 16.5. The van der Waals surface area contributed by atoms with Crippen molar-refractivity contribution in [2.24, 2.45) is 0 Å². The van der Waals surface area contributed by atoms with Crippen LogP contribution in [0.2, 0.25) is 0 Å². The van der Waals surface area contributed by atoms with Gasteiger partial charge in [-0.3, -0.25) is 0 Å². The number of nitrogens with two attached hydrogens (primary N) is 1. The van der Waals surface area contributed by atoms with Crippen molar-refractivity contribution >= 4 is 11.5 Å². The smallest absolute Gasteiger partial charge is 0.130 e. The van der Waals surface area contributed by atoms with Gasteiger partial charge in [0.05, 0.1) is 13.2 Å². The van der Waals surface area contributed by atoms with E-state index < -0.39 is 0 Å². The molecular formula is C10H17N3O2. The molecule has 0 bridgehead atoms. The number of methoxy groups -OCH3 is 1. The zero-order chi connectivity index (χ0) is 11.1. The molecule has 0 saturated carbocycles. The largest absolute Gasteiger partial charge is 0.399 e. The van der Waals surface area contributed by atoms with Crippen LogP contribution in [0.4, 0.5) is 11.5 Å². The van der Waals surface area contributed by atoms with Crippen LogP contribution in [0.15, 0.2) is 18.3 Å². The van der Waals surface area contributed by atoms with Crippen LogP contribution in [0.3, 0.4) is 0 Å². The van der Waals surface area contributed by atoms with E-state index >= 15 is 0 Å². The highest BCUT2D eigenvalue weighted by Crippen LogP contribution is 2.13. The lowest BCUT2D eigenvalue weighted by Crippen LogP contribution is -2.30. The van der Waals surface area contributed by atoms with Gasteiger partial charge in [-0.25, -0.2) is 4.98 Å². The normalized spacial score (nSPS) is 10.3. The molecule has 84 valence electrons. The van der Waals surface area contributed by atoms with Gasteiger partial charge in [-0.05, 0) is 6.07 Å². The van der Waals surface area contributed by atoms with Crippen molar-refractivity contribution in [1.82, 2.24) is 4.98 Å². The first kappa shape index (κ1) is 11.7. The summed E-state index contributed by atoms with van der Waals surface area (Å²) in [7, 11) is 1.64. The number of hydrogen-bond acceptors (Lipinski definition) is 5. The lowest BCUT2D eigenvalue weighted by Gasteiger charge is -2.22. The Hall–Kier alpha value is -1.33. The van der Waals surface area contributed by atoms with Crippen molar-refractivity contribution in [3.05, 3.63) is 18.3 Å². The third-order valence-corrected chi connectivity index (χ3v) is 2.03. The molecule has 0 aliphatic heterocycles. The molecule has 0 fully saturated rings. The molecule has 0 atom stereocenters. The van der Waals surface area contributed by atoms with Crippen LogP contribution in [0.25, 0.3) is 0 Å². The summed E-state index contributed by atoms with van der Waals surface area (Å²) in [6.45, 7) is 1.89. The molecule has 0 aliphatic carbocycles. The summed E-state index contributed by atoms with van der Waals surface area (Å²) in [5.41, 5.74) is 6.33. The van der Waals surface area contributed by atoms with Crippen molar-refractivity contribution in [3.8, 4) is 0 Å². The molecule has 1 heterocycles. The molecule has 0 radical (unpaired) electrons.